The van der Waals surface area contributed by atoms with Crippen molar-refractivity contribution in [3.63, 3.8) is 0 Å². The fourth-order valence-corrected chi connectivity index (χ4v) is 3.63. The first-order valence-corrected chi connectivity index (χ1v) is 10.0. The second-order valence-corrected chi connectivity index (χ2v) is 7.19. The van der Waals surface area contributed by atoms with Crippen LogP contribution in [0.15, 0.2) is 24.3 Å². The standard InChI is InChI=1S/C22H29N3O4/c1-4-29-22(27)19-15(2)20(24-16(19)3)21(26)23-13-17-7-5-6-8-18(17)14-25-9-11-28-12-10-25/h5-8,24H,4,9-14H2,1-3H3,(H,23,26). The molecule has 1 amide bonds. The summed E-state index contributed by atoms with van der Waals surface area (Å²) in [5, 5.41) is 2.98. The van der Waals surface area contributed by atoms with Gasteiger partial charge in [-0.1, -0.05) is 24.3 Å². The van der Waals surface area contributed by atoms with Crippen LogP contribution < -0.4 is 5.32 Å². The van der Waals surface area contributed by atoms with Crippen LogP contribution in [0.5, 0.6) is 0 Å². The largest absolute Gasteiger partial charge is 0.462 e. The van der Waals surface area contributed by atoms with Gasteiger partial charge in [0.15, 0.2) is 0 Å². The number of carbonyl (C=O) groups excluding carboxylic acids is 2. The van der Waals surface area contributed by atoms with E-state index in [0.29, 0.717) is 35.7 Å². The molecule has 7 nitrogen and oxygen atoms in total. The SMILES string of the molecule is CCOC(=O)c1c(C)[nH]c(C(=O)NCc2ccccc2CN2CCOCC2)c1C. The Morgan fingerprint density at radius 2 is 1.86 bits per heavy atom. The minimum atomic E-state index is -0.409. The Balaban J connectivity index is 1.68. The second kappa shape index (κ2) is 9.71. The third-order valence-electron chi connectivity index (χ3n) is 5.20. The van der Waals surface area contributed by atoms with Gasteiger partial charge in [-0.3, -0.25) is 9.69 Å². The molecular formula is C22H29N3O4. The molecule has 1 fully saturated rings. The van der Waals surface area contributed by atoms with Crippen molar-refractivity contribution in [2.24, 2.45) is 0 Å². The number of nitrogens with one attached hydrogen (secondary N) is 2. The zero-order chi connectivity index (χ0) is 20.8. The quantitative estimate of drug-likeness (QED) is 0.699. The number of aromatic amines is 1. The van der Waals surface area contributed by atoms with Gasteiger partial charge in [0.25, 0.3) is 5.91 Å². The Labute approximate surface area is 171 Å². The minimum absolute atomic E-state index is 0.234. The van der Waals surface area contributed by atoms with Crippen LogP contribution in [0.1, 0.15) is 50.2 Å². The van der Waals surface area contributed by atoms with Crippen LogP contribution in [0.25, 0.3) is 0 Å². The lowest BCUT2D eigenvalue weighted by Gasteiger charge is -2.27. The molecule has 1 aromatic heterocycles. The van der Waals surface area contributed by atoms with Crippen LogP contribution in [0, 0.1) is 13.8 Å². The van der Waals surface area contributed by atoms with Crippen LogP contribution >= 0.6 is 0 Å². The van der Waals surface area contributed by atoms with E-state index in [0.717, 1.165) is 38.4 Å². The molecule has 0 spiro atoms. The highest BCUT2D eigenvalue weighted by atomic mass is 16.5. The van der Waals surface area contributed by atoms with Crippen LogP contribution in [-0.2, 0) is 22.6 Å². The Hall–Kier alpha value is -2.64. The summed E-state index contributed by atoms with van der Waals surface area (Å²) in [6, 6.07) is 8.13. The number of morpholine rings is 1. The van der Waals surface area contributed by atoms with Gasteiger partial charge in [-0.05, 0) is 37.5 Å². The minimum Gasteiger partial charge on any atom is -0.462 e. The number of hydrogen-bond acceptors (Lipinski definition) is 5. The van der Waals surface area contributed by atoms with Crippen molar-refractivity contribution in [1.82, 2.24) is 15.2 Å². The van der Waals surface area contributed by atoms with Gasteiger partial charge in [-0.25, -0.2) is 4.79 Å². The maximum absolute atomic E-state index is 12.8. The number of nitrogens with zero attached hydrogens (tertiary/aromatic N) is 1. The zero-order valence-electron chi connectivity index (χ0n) is 17.3. The van der Waals surface area contributed by atoms with E-state index in [-0.39, 0.29) is 5.91 Å². The number of aryl methyl sites for hydroxylation is 1. The van der Waals surface area contributed by atoms with Gasteiger partial charge < -0.3 is 19.8 Å². The summed E-state index contributed by atoms with van der Waals surface area (Å²) in [6.07, 6.45) is 0. The normalized spacial score (nSPS) is 14.6. The molecule has 1 aliphatic rings. The van der Waals surface area contributed by atoms with E-state index >= 15 is 0 Å². The highest BCUT2D eigenvalue weighted by Crippen LogP contribution is 2.19. The van der Waals surface area contributed by atoms with E-state index in [2.05, 4.69) is 21.3 Å². The van der Waals surface area contributed by atoms with Crippen molar-refractivity contribution < 1.29 is 19.1 Å². The number of aromatic nitrogens is 1. The van der Waals surface area contributed by atoms with Gasteiger partial charge in [0.1, 0.15) is 5.69 Å². The van der Waals surface area contributed by atoms with Gasteiger partial charge in [0, 0.05) is 31.9 Å². The monoisotopic (exact) mass is 399 g/mol. The third kappa shape index (κ3) is 5.05. The van der Waals surface area contributed by atoms with Crippen molar-refractivity contribution in [3.05, 3.63) is 57.9 Å². The number of rotatable bonds is 7. The summed E-state index contributed by atoms with van der Waals surface area (Å²) < 4.78 is 10.5. The van der Waals surface area contributed by atoms with E-state index < -0.39 is 5.97 Å². The fourth-order valence-electron chi connectivity index (χ4n) is 3.63. The number of hydrogen-bond donors (Lipinski definition) is 2. The maximum atomic E-state index is 12.8. The van der Waals surface area contributed by atoms with E-state index in [1.165, 1.54) is 5.56 Å². The lowest BCUT2D eigenvalue weighted by atomic mass is 10.1. The zero-order valence-corrected chi connectivity index (χ0v) is 17.3. The molecule has 2 aromatic rings. The van der Waals surface area contributed by atoms with E-state index in [9.17, 15) is 9.59 Å². The first kappa shape index (κ1) is 21.1. The van der Waals surface area contributed by atoms with E-state index in [1.807, 2.05) is 18.2 Å². The number of esters is 1. The molecule has 2 N–H and O–H groups in total. The molecule has 29 heavy (non-hydrogen) atoms. The maximum Gasteiger partial charge on any atom is 0.340 e. The van der Waals surface area contributed by atoms with Crippen molar-refractivity contribution in [1.29, 1.82) is 0 Å². The topological polar surface area (TPSA) is 83.7 Å². The predicted molar refractivity (Wildman–Crippen MR) is 110 cm³/mol. The van der Waals surface area contributed by atoms with Crippen molar-refractivity contribution in [3.8, 4) is 0 Å². The number of amides is 1. The third-order valence-corrected chi connectivity index (χ3v) is 5.20. The van der Waals surface area contributed by atoms with E-state index in [1.54, 1.807) is 20.8 Å². The highest BCUT2D eigenvalue weighted by molar-refractivity contribution is 6.00. The van der Waals surface area contributed by atoms with E-state index in [4.69, 9.17) is 9.47 Å². The van der Waals surface area contributed by atoms with Gasteiger partial charge in [-0.15, -0.1) is 0 Å². The summed E-state index contributed by atoms with van der Waals surface area (Å²) >= 11 is 0. The Kier molecular flexibility index (Phi) is 7.06. The molecule has 1 aliphatic heterocycles. The number of H-pyrrole nitrogens is 1. The molecule has 0 aliphatic carbocycles. The van der Waals surface area contributed by atoms with Crippen LogP contribution in [0.3, 0.4) is 0 Å². The second-order valence-electron chi connectivity index (χ2n) is 7.19. The van der Waals surface area contributed by atoms with Gasteiger partial charge in [0.2, 0.25) is 0 Å². The summed E-state index contributed by atoms with van der Waals surface area (Å²) in [4.78, 5) is 30.3. The molecule has 1 saturated heterocycles. The smallest absolute Gasteiger partial charge is 0.340 e. The number of ether oxygens (including phenoxy) is 2. The molecule has 7 heteroatoms. The lowest BCUT2D eigenvalue weighted by Crippen LogP contribution is -2.36. The molecule has 156 valence electrons. The molecule has 1 aromatic carbocycles. The summed E-state index contributed by atoms with van der Waals surface area (Å²) in [5.74, 6) is -0.643. The molecule has 3 rings (SSSR count). The first-order chi connectivity index (χ1) is 14.0. The Morgan fingerprint density at radius 1 is 1.17 bits per heavy atom. The molecule has 0 radical (unpaired) electrons. The molecule has 0 unspecified atom stereocenters. The predicted octanol–water partition coefficient (Wildman–Crippen LogP) is 2.57. The molecule has 0 saturated carbocycles. The van der Waals surface area contributed by atoms with Crippen LogP contribution in [-0.4, -0.2) is 54.7 Å². The molecular weight excluding hydrogens is 370 g/mol. The summed E-state index contributed by atoms with van der Waals surface area (Å²) in [7, 11) is 0. The first-order valence-electron chi connectivity index (χ1n) is 10.0. The Bertz CT molecular complexity index is 869. The fraction of sp³-hybridized carbons (Fsp3) is 0.455. The van der Waals surface area contributed by atoms with Gasteiger partial charge in [0.05, 0.1) is 25.4 Å². The summed E-state index contributed by atoms with van der Waals surface area (Å²) in [6.45, 7) is 10.2. The van der Waals surface area contributed by atoms with Crippen molar-refractivity contribution >= 4 is 11.9 Å². The lowest BCUT2D eigenvalue weighted by molar-refractivity contribution is 0.0340. The number of benzene rings is 1. The molecule has 2 heterocycles. The molecule has 0 atom stereocenters. The average molecular weight is 399 g/mol. The Morgan fingerprint density at radius 3 is 2.55 bits per heavy atom. The van der Waals surface area contributed by atoms with Crippen molar-refractivity contribution in [2.75, 3.05) is 32.9 Å². The van der Waals surface area contributed by atoms with Crippen LogP contribution in [0.4, 0.5) is 0 Å². The van der Waals surface area contributed by atoms with Gasteiger partial charge in [-0.2, -0.15) is 0 Å². The van der Waals surface area contributed by atoms with Crippen molar-refractivity contribution in [2.45, 2.75) is 33.9 Å². The van der Waals surface area contributed by atoms with Crippen LogP contribution in [0.2, 0.25) is 0 Å². The average Bonchev–Trinajstić information content (AvgIpc) is 3.02. The number of carbonyl (C=O) groups is 2. The summed E-state index contributed by atoms with van der Waals surface area (Å²) in [5.41, 5.74) is 4.36. The highest BCUT2D eigenvalue weighted by Gasteiger charge is 2.23. The molecule has 0 bridgehead atoms. The van der Waals surface area contributed by atoms with Gasteiger partial charge >= 0.3 is 5.97 Å².